The van der Waals surface area contributed by atoms with Crippen molar-refractivity contribution >= 4 is 11.4 Å². The number of nitrogens with zero attached hydrogens (tertiary/aromatic N) is 2. The average molecular weight is 273 g/mol. The molecular weight excluding hydrogens is 262 g/mol. The Labute approximate surface area is 114 Å². The molecule has 0 saturated carbocycles. The Kier molecular flexibility index (Phi) is 3.86. The second-order valence-electron chi connectivity index (χ2n) is 3.87. The van der Waals surface area contributed by atoms with Gasteiger partial charge in [-0.1, -0.05) is 0 Å². The third-order valence-electron chi connectivity index (χ3n) is 2.62. The molecule has 1 N–H and O–H groups in total. The average Bonchev–Trinajstić information content (AvgIpc) is 2.92. The Balaban J connectivity index is 2.13. The summed E-state index contributed by atoms with van der Waals surface area (Å²) in [7, 11) is 1.44. The van der Waals surface area contributed by atoms with E-state index in [1.165, 1.54) is 19.2 Å². The first-order valence-electron chi connectivity index (χ1n) is 5.69. The number of nitrogens with one attached hydrogen (secondary N) is 1. The Morgan fingerprint density at radius 1 is 1.45 bits per heavy atom. The fraction of sp³-hybridized carbons (Fsp3) is 0.154. The van der Waals surface area contributed by atoms with Gasteiger partial charge in [-0.3, -0.25) is 10.1 Å². The summed E-state index contributed by atoms with van der Waals surface area (Å²) in [6.45, 7) is 0.343. The molecule has 1 aromatic carbocycles. The summed E-state index contributed by atoms with van der Waals surface area (Å²) in [5.74, 6) is 1.19. The van der Waals surface area contributed by atoms with Crippen LogP contribution in [0.4, 0.5) is 11.4 Å². The molecule has 0 aliphatic rings. The molecule has 20 heavy (non-hydrogen) atoms. The Bertz CT molecular complexity index is 672. The molecule has 7 nitrogen and oxygen atoms in total. The molecule has 0 aliphatic carbocycles. The van der Waals surface area contributed by atoms with Gasteiger partial charge in [0.15, 0.2) is 0 Å². The molecule has 0 bridgehead atoms. The predicted octanol–water partition coefficient (Wildman–Crippen LogP) is 2.68. The summed E-state index contributed by atoms with van der Waals surface area (Å²) >= 11 is 0. The number of furan rings is 1. The van der Waals surface area contributed by atoms with E-state index in [0.29, 0.717) is 23.7 Å². The molecule has 102 valence electrons. The van der Waals surface area contributed by atoms with Crippen molar-refractivity contribution in [3.8, 4) is 11.8 Å². The van der Waals surface area contributed by atoms with Crippen LogP contribution in [0.25, 0.3) is 0 Å². The summed E-state index contributed by atoms with van der Waals surface area (Å²) in [5, 5.41) is 22.4. The molecule has 0 unspecified atom stereocenters. The Morgan fingerprint density at radius 2 is 2.25 bits per heavy atom. The van der Waals surface area contributed by atoms with Crippen molar-refractivity contribution in [2.75, 3.05) is 12.4 Å². The quantitative estimate of drug-likeness (QED) is 0.663. The van der Waals surface area contributed by atoms with Crippen molar-refractivity contribution in [3.63, 3.8) is 0 Å². The zero-order valence-corrected chi connectivity index (χ0v) is 10.6. The smallest absolute Gasteiger partial charge is 0.273 e. The number of rotatable bonds is 5. The molecule has 1 heterocycles. The molecule has 1 aromatic heterocycles. The van der Waals surface area contributed by atoms with E-state index in [4.69, 9.17) is 14.4 Å². The van der Waals surface area contributed by atoms with Gasteiger partial charge in [0, 0.05) is 6.07 Å². The zero-order valence-electron chi connectivity index (χ0n) is 10.6. The first kappa shape index (κ1) is 13.4. The molecule has 7 heteroatoms. The molecule has 2 rings (SSSR count). The third-order valence-corrected chi connectivity index (χ3v) is 2.62. The van der Waals surface area contributed by atoms with E-state index in [2.05, 4.69) is 5.32 Å². The van der Waals surface area contributed by atoms with Crippen molar-refractivity contribution in [3.05, 3.63) is 52.0 Å². The van der Waals surface area contributed by atoms with Gasteiger partial charge in [0.2, 0.25) is 5.76 Å². The number of nitriles is 1. The molecule has 2 aromatic rings. The number of methoxy groups -OCH3 is 1. The predicted molar refractivity (Wildman–Crippen MR) is 70.4 cm³/mol. The van der Waals surface area contributed by atoms with Gasteiger partial charge < -0.3 is 14.5 Å². The van der Waals surface area contributed by atoms with Crippen molar-refractivity contribution in [1.82, 2.24) is 0 Å². The summed E-state index contributed by atoms with van der Waals surface area (Å²) in [6.07, 6.45) is 0. The number of hydrogen-bond donors (Lipinski definition) is 1. The van der Waals surface area contributed by atoms with E-state index in [1.54, 1.807) is 18.2 Å². The van der Waals surface area contributed by atoms with Gasteiger partial charge in [0.25, 0.3) is 5.69 Å². The number of anilines is 1. The third kappa shape index (κ3) is 2.87. The van der Waals surface area contributed by atoms with Crippen LogP contribution in [-0.2, 0) is 6.54 Å². The lowest BCUT2D eigenvalue weighted by Crippen LogP contribution is -2.01. The summed E-state index contributed by atoms with van der Waals surface area (Å²) in [4.78, 5) is 10.2. The monoisotopic (exact) mass is 273 g/mol. The number of nitro groups is 1. The maximum atomic E-state index is 10.7. The molecule has 0 saturated heterocycles. The van der Waals surface area contributed by atoms with Gasteiger partial charge in [-0.2, -0.15) is 5.26 Å². The summed E-state index contributed by atoms with van der Waals surface area (Å²) in [6, 6.07) is 9.43. The van der Waals surface area contributed by atoms with Gasteiger partial charge >= 0.3 is 0 Å². The van der Waals surface area contributed by atoms with E-state index in [0.717, 1.165) is 0 Å². The van der Waals surface area contributed by atoms with Gasteiger partial charge in [-0.05, 0) is 18.2 Å². The standard InChI is InChI=1S/C13H11N3O4/c1-19-13-6-9(16(17)18)2-5-12(13)15-8-11-4-3-10(7-14)20-11/h2-6,15H,8H2,1H3. The van der Waals surface area contributed by atoms with Gasteiger partial charge in [-0.25, -0.2) is 0 Å². The second-order valence-corrected chi connectivity index (χ2v) is 3.87. The molecule has 0 atom stereocenters. The lowest BCUT2D eigenvalue weighted by Gasteiger charge is -2.09. The molecule has 0 fully saturated rings. The molecule has 0 aliphatic heterocycles. The van der Waals surface area contributed by atoms with Crippen LogP contribution in [-0.4, -0.2) is 12.0 Å². The molecule has 0 radical (unpaired) electrons. The number of non-ortho nitro benzene ring substituents is 1. The maximum Gasteiger partial charge on any atom is 0.273 e. The first-order chi connectivity index (χ1) is 9.63. The number of ether oxygens (including phenoxy) is 1. The number of hydrogen-bond acceptors (Lipinski definition) is 6. The van der Waals surface area contributed by atoms with Crippen LogP contribution >= 0.6 is 0 Å². The zero-order chi connectivity index (χ0) is 14.5. The lowest BCUT2D eigenvalue weighted by atomic mass is 10.2. The summed E-state index contributed by atoms with van der Waals surface area (Å²) in [5.41, 5.74) is 0.560. The Morgan fingerprint density at radius 3 is 2.85 bits per heavy atom. The largest absolute Gasteiger partial charge is 0.494 e. The van der Waals surface area contributed by atoms with E-state index in [1.807, 2.05) is 6.07 Å². The molecule has 0 spiro atoms. The van der Waals surface area contributed by atoms with E-state index >= 15 is 0 Å². The SMILES string of the molecule is COc1cc([N+](=O)[O-])ccc1NCc1ccc(C#N)o1. The highest BCUT2D eigenvalue weighted by Gasteiger charge is 2.11. The van der Waals surface area contributed by atoms with E-state index in [-0.39, 0.29) is 11.4 Å². The van der Waals surface area contributed by atoms with Crippen LogP contribution in [0.1, 0.15) is 11.5 Å². The number of nitro benzene ring substituents is 1. The highest BCUT2D eigenvalue weighted by Crippen LogP contribution is 2.29. The van der Waals surface area contributed by atoms with Crippen molar-refractivity contribution in [2.24, 2.45) is 0 Å². The van der Waals surface area contributed by atoms with Crippen LogP contribution in [0.2, 0.25) is 0 Å². The van der Waals surface area contributed by atoms with Gasteiger partial charge in [0.05, 0.1) is 30.3 Å². The lowest BCUT2D eigenvalue weighted by molar-refractivity contribution is -0.384. The highest BCUT2D eigenvalue weighted by atomic mass is 16.6. The van der Waals surface area contributed by atoms with Gasteiger partial charge in [-0.15, -0.1) is 0 Å². The van der Waals surface area contributed by atoms with Crippen LogP contribution in [0.5, 0.6) is 5.75 Å². The second kappa shape index (κ2) is 5.75. The van der Waals surface area contributed by atoms with Crippen LogP contribution in [0.3, 0.4) is 0 Å². The number of benzene rings is 1. The minimum atomic E-state index is -0.488. The van der Waals surface area contributed by atoms with Gasteiger partial charge in [0.1, 0.15) is 17.6 Å². The van der Waals surface area contributed by atoms with E-state index in [9.17, 15) is 10.1 Å². The van der Waals surface area contributed by atoms with E-state index < -0.39 is 4.92 Å². The van der Waals surface area contributed by atoms with Crippen LogP contribution in [0.15, 0.2) is 34.7 Å². The fourth-order valence-corrected chi connectivity index (χ4v) is 1.65. The minimum Gasteiger partial charge on any atom is -0.494 e. The highest BCUT2D eigenvalue weighted by molar-refractivity contribution is 5.60. The topological polar surface area (TPSA) is 101 Å². The molecular formula is C13H11N3O4. The fourth-order valence-electron chi connectivity index (χ4n) is 1.65. The maximum absolute atomic E-state index is 10.7. The minimum absolute atomic E-state index is 0.0443. The summed E-state index contributed by atoms with van der Waals surface area (Å²) < 4.78 is 10.3. The normalized spacial score (nSPS) is 9.80. The van der Waals surface area contributed by atoms with Crippen LogP contribution < -0.4 is 10.1 Å². The van der Waals surface area contributed by atoms with Crippen molar-refractivity contribution < 1.29 is 14.1 Å². The van der Waals surface area contributed by atoms with Crippen LogP contribution in [0, 0.1) is 21.4 Å². The molecule has 0 amide bonds. The Hall–Kier alpha value is -3.01. The van der Waals surface area contributed by atoms with Crippen molar-refractivity contribution in [1.29, 1.82) is 5.26 Å². The van der Waals surface area contributed by atoms with Crippen molar-refractivity contribution in [2.45, 2.75) is 6.54 Å². The first-order valence-corrected chi connectivity index (χ1v) is 5.69.